The molecule has 138 valence electrons. The molecule has 2 aromatic heterocycles. The zero-order valence-corrected chi connectivity index (χ0v) is 15.9. The van der Waals surface area contributed by atoms with E-state index in [9.17, 15) is 4.79 Å². The third kappa shape index (κ3) is 3.52. The number of hydrogen-bond acceptors (Lipinski definition) is 2. The van der Waals surface area contributed by atoms with Crippen LogP contribution in [0, 0.1) is 13.8 Å². The zero-order chi connectivity index (χ0) is 18.8. The van der Waals surface area contributed by atoms with Crippen LogP contribution in [0.4, 0.5) is 0 Å². The molecule has 1 fully saturated rings. The van der Waals surface area contributed by atoms with Gasteiger partial charge in [-0.1, -0.05) is 0 Å². The highest BCUT2D eigenvalue weighted by Gasteiger charge is 2.24. The molecule has 27 heavy (non-hydrogen) atoms. The Kier molecular flexibility index (Phi) is 4.80. The summed E-state index contributed by atoms with van der Waals surface area (Å²) in [5.41, 5.74) is 5.60. The number of aromatic nitrogens is 2. The number of pyridine rings is 1. The van der Waals surface area contributed by atoms with Crippen molar-refractivity contribution in [2.45, 2.75) is 32.6 Å². The monoisotopic (exact) mass is 359 g/mol. The Morgan fingerprint density at radius 1 is 0.889 bits per heavy atom. The molecule has 3 heterocycles. The predicted octanol–water partition coefficient (Wildman–Crippen LogP) is 4.51. The number of carbonyl (C=O) groups is 1. The molecule has 1 aromatic carbocycles. The molecule has 0 N–H and O–H groups in total. The van der Waals surface area contributed by atoms with Gasteiger partial charge >= 0.3 is 0 Å². The Balaban J connectivity index is 1.43. The molecule has 0 radical (unpaired) electrons. The maximum Gasteiger partial charge on any atom is 0.253 e. The highest BCUT2D eigenvalue weighted by molar-refractivity contribution is 5.94. The summed E-state index contributed by atoms with van der Waals surface area (Å²) in [5.74, 6) is 0.662. The van der Waals surface area contributed by atoms with Gasteiger partial charge in [0.05, 0.1) is 0 Å². The van der Waals surface area contributed by atoms with Gasteiger partial charge in [-0.3, -0.25) is 9.78 Å². The Morgan fingerprint density at radius 3 is 2.07 bits per heavy atom. The summed E-state index contributed by atoms with van der Waals surface area (Å²) in [4.78, 5) is 19.0. The van der Waals surface area contributed by atoms with Crippen LogP contribution in [0.25, 0.3) is 5.69 Å². The van der Waals surface area contributed by atoms with Crippen LogP contribution in [0.5, 0.6) is 0 Å². The van der Waals surface area contributed by atoms with E-state index >= 15 is 0 Å². The van der Waals surface area contributed by atoms with Gasteiger partial charge in [-0.15, -0.1) is 0 Å². The van der Waals surface area contributed by atoms with Crippen LogP contribution < -0.4 is 0 Å². The first kappa shape index (κ1) is 17.5. The number of carbonyl (C=O) groups excluding carboxylic acids is 1. The lowest BCUT2D eigenvalue weighted by molar-refractivity contribution is 0.0713. The van der Waals surface area contributed by atoms with Crippen molar-refractivity contribution < 1.29 is 4.79 Å². The van der Waals surface area contributed by atoms with Gasteiger partial charge in [0, 0.05) is 48.1 Å². The van der Waals surface area contributed by atoms with E-state index in [1.54, 1.807) is 0 Å². The molecule has 4 rings (SSSR count). The molecule has 1 amide bonds. The Morgan fingerprint density at radius 2 is 1.48 bits per heavy atom. The lowest BCUT2D eigenvalue weighted by Gasteiger charge is -2.32. The molecule has 4 heteroatoms. The second kappa shape index (κ2) is 7.39. The third-order valence-corrected chi connectivity index (χ3v) is 5.60. The minimum Gasteiger partial charge on any atom is -0.339 e. The van der Waals surface area contributed by atoms with Gasteiger partial charge < -0.3 is 9.47 Å². The molecule has 0 spiro atoms. The van der Waals surface area contributed by atoms with Crippen LogP contribution >= 0.6 is 0 Å². The van der Waals surface area contributed by atoms with E-state index in [1.807, 2.05) is 41.6 Å². The van der Waals surface area contributed by atoms with Gasteiger partial charge in [0.1, 0.15) is 0 Å². The Hall–Kier alpha value is -2.88. The summed E-state index contributed by atoms with van der Waals surface area (Å²) < 4.78 is 2.20. The molecular formula is C23H25N3O. The van der Waals surface area contributed by atoms with E-state index in [2.05, 4.69) is 47.7 Å². The van der Waals surface area contributed by atoms with Crippen molar-refractivity contribution in [3.05, 3.63) is 83.4 Å². The molecule has 3 aromatic rings. The summed E-state index contributed by atoms with van der Waals surface area (Å²) >= 11 is 0. The van der Waals surface area contributed by atoms with Gasteiger partial charge in [-0.25, -0.2) is 0 Å². The average Bonchev–Trinajstić information content (AvgIpc) is 3.06. The van der Waals surface area contributed by atoms with Crippen LogP contribution in [0.15, 0.2) is 60.9 Å². The van der Waals surface area contributed by atoms with Crippen LogP contribution in [-0.2, 0) is 0 Å². The lowest BCUT2D eigenvalue weighted by Crippen LogP contribution is -2.37. The Bertz CT molecular complexity index is 901. The van der Waals surface area contributed by atoms with Gasteiger partial charge in [-0.2, -0.15) is 0 Å². The zero-order valence-electron chi connectivity index (χ0n) is 15.9. The maximum atomic E-state index is 12.9. The number of aryl methyl sites for hydroxylation is 2. The number of hydrogen-bond donors (Lipinski definition) is 0. The van der Waals surface area contributed by atoms with Crippen LogP contribution in [0.1, 0.15) is 46.1 Å². The first-order valence-electron chi connectivity index (χ1n) is 9.58. The van der Waals surface area contributed by atoms with Crippen LogP contribution in [0.3, 0.4) is 0 Å². The molecule has 4 nitrogen and oxygen atoms in total. The van der Waals surface area contributed by atoms with E-state index in [4.69, 9.17) is 0 Å². The smallest absolute Gasteiger partial charge is 0.253 e. The lowest BCUT2D eigenvalue weighted by atomic mass is 9.90. The van der Waals surface area contributed by atoms with E-state index in [1.165, 1.54) is 17.0 Å². The highest BCUT2D eigenvalue weighted by atomic mass is 16.2. The van der Waals surface area contributed by atoms with Gasteiger partial charge in [0.25, 0.3) is 5.91 Å². The van der Waals surface area contributed by atoms with Crippen LogP contribution in [0.2, 0.25) is 0 Å². The molecule has 0 unspecified atom stereocenters. The fourth-order valence-corrected chi connectivity index (χ4v) is 4.06. The van der Waals surface area contributed by atoms with E-state index in [-0.39, 0.29) is 5.91 Å². The highest BCUT2D eigenvalue weighted by Crippen LogP contribution is 2.28. The minimum atomic E-state index is 0.135. The second-order valence-corrected chi connectivity index (χ2v) is 7.35. The van der Waals surface area contributed by atoms with Crippen molar-refractivity contribution in [2.75, 3.05) is 13.1 Å². The molecule has 1 aliphatic rings. The molecular weight excluding hydrogens is 334 g/mol. The second-order valence-electron chi connectivity index (χ2n) is 7.35. The molecule has 0 aliphatic carbocycles. The van der Waals surface area contributed by atoms with Crippen LogP contribution in [-0.4, -0.2) is 33.4 Å². The van der Waals surface area contributed by atoms with E-state index in [0.29, 0.717) is 5.92 Å². The third-order valence-electron chi connectivity index (χ3n) is 5.60. The summed E-state index contributed by atoms with van der Waals surface area (Å²) in [6, 6.07) is 16.4. The molecule has 1 aliphatic heterocycles. The molecule has 0 atom stereocenters. The molecule has 1 saturated heterocycles. The normalized spacial score (nSPS) is 15.1. The topological polar surface area (TPSA) is 38.1 Å². The van der Waals surface area contributed by atoms with Gasteiger partial charge in [0.15, 0.2) is 0 Å². The predicted molar refractivity (Wildman–Crippen MR) is 107 cm³/mol. The minimum absolute atomic E-state index is 0.135. The number of piperidine rings is 1. The van der Waals surface area contributed by atoms with Crippen molar-refractivity contribution in [1.82, 2.24) is 14.5 Å². The maximum absolute atomic E-state index is 12.9. The summed E-state index contributed by atoms with van der Waals surface area (Å²) in [5, 5.41) is 0. The van der Waals surface area contributed by atoms with E-state index in [0.717, 1.165) is 37.2 Å². The molecule has 0 saturated carbocycles. The number of nitrogens with zero attached hydrogens (tertiary/aromatic N) is 3. The number of benzene rings is 1. The van der Waals surface area contributed by atoms with Gasteiger partial charge in [0.2, 0.25) is 0 Å². The van der Waals surface area contributed by atoms with Crippen molar-refractivity contribution in [3.8, 4) is 5.69 Å². The average molecular weight is 359 g/mol. The number of likely N-dealkylation sites (tertiary alicyclic amines) is 1. The fraction of sp³-hybridized carbons (Fsp3) is 0.304. The fourth-order valence-electron chi connectivity index (χ4n) is 4.06. The summed E-state index contributed by atoms with van der Waals surface area (Å²) in [7, 11) is 0. The first-order chi connectivity index (χ1) is 13.1. The van der Waals surface area contributed by atoms with Crippen molar-refractivity contribution in [2.24, 2.45) is 0 Å². The van der Waals surface area contributed by atoms with Crippen molar-refractivity contribution >= 4 is 5.91 Å². The largest absolute Gasteiger partial charge is 0.339 e. The SMILES string of the molecule is Cc1ccc(C)n1-c1ccc(C(=O)N2CCC(c3ccncc3)CC2)cc1. The first-order valence-corrected chi connectivity index (χ1v) is 9.58. The summed E-state index contributed by atoms with van der Waals surface area (Å²) in [6.45, 7) is 5.81. The van der Waals surface area contributed by atoms with Gasteiger partial charge in [-0.05, 0) is 86.7 Å². The van der Waals surface area contributed by atoms with E-state index < -0.39 is 0 Å². The van der Waals surface area contributed by atoms with Crippen molar-refractivity contribution in [3.63, 3.8) is 0 Å². The quantitative estimate of drug-likeness (QED) is 0.690. The standard InChI is InChI=1S/C23H25N3O/c1-17-3-4-18(2)26(17)22-7-5-21(6-8-22)23(27)25-15-11-20(12-16-25)19-9-13-24-14-10-19/h3-10,13-14,20H,11-12,15-16H2,1-2H3. The Labute approximate surface area is 160 Å². The molecule has 0 bridgehead atoms. The summed E-state index contributed by atoms with van der Waals surface area (Å²) in [6.07, 6.45) is 5.72. The van der Waals surface area contributed by atoms with Crippen molar-refractivity contribution in [1.29, 1.82) is 0 Å². The number of rotatable bonds is 3. The number of amides is 1.